The van der Waals surface area contributed by atoms with Gasteiger partial charge in [0.15, 0.2) is 5.82 Å². The number of nitrogens with one attached hydrogen (secondary N) is 1. The summed E-state index contributed by atoms with van der Waals surface area (Å²) in [6, 6.07) is 7.57. The minimum absolute atomic E-state index is 0.0131. The van der Waals surface area contributed by atoms with Crippen molar-refractivity contribution in [3.63, 3.8) is 0 Å². The Labute approximate surface area is 185 Å². The van der Waals surface area contributed by atoms with E-state index in [9.17, 15) is 4.79 Å². The maximum atomic E-state index is 12.7. The average Bonchev–Trinajstić information content (AvgIpc) is 3.14. The number of rotatable bonds is 5. The highest BCUT2D eigenvalue weighted by Gasteiger charge is 2.24. The van der Waals surface area contributed by atoms with E-state index in [1.54, 1.807) is 0 Å². The van der Waals surface area contributed by atoms with Crippen LogP contribution in [0.3, 0.4) is 0 Å². The fraction of sp³-hybridized carbons (Fsp3) is 0.625. The summed E-state index contributed by atoms with van der Waals surface area (Å²) in [4.78, 5) is 21.7. The number of anilines is 1. The molecule has 0 aliphatic carbocycles. The first-order chi connectivity index (χ1) is 15.1. The van der Waals surface area contributed by atoms with Crippen molar-refractivity contribution in [2.24, 2.45) is 5.92 Å². The van der Waals surface area contributed by atoms with E-state index < -0.39 is 0 Å². The lowest BCUT2D eigenvalue weighted by molar-refractivity contribution is 0.155. The fourth-order valence-corrected chi connectivity index (χ4v) is 4.49. The Bertz CT molecular complexity index is 832. The van der Waals surface area contributed by atoms with Crippen LogP contribution in [0.25, 0.3) is 11.5 Å². The van der Waals surface area contributed by atoms with Crippen LogP contribution in [0.5, 0.6) is 0 Å². The molecule has 1 N–H and O–H groups in total. The molecule has 0 saturated carbocycles. The highest BCUT2D eigenvalue weighted by molar-refractivity contribution is 5.89. The third-order valence-corrected chi connectivity index (χ3v) is 6.46. The Morgan fingerprint density at radius 2 is 1.74 bits per heavy atom. The molecule has 2 amide bonds. The third-order valence-electron chi connectivity index (χ3n) is 6.46. The van der Waals surface area contributed by atoms with Crippen molar-refractivity contribution in [1.29, 1.82) is 0 Å². The molecule has 2 fully saturated rings. The molecule has 168 valence electrons. The van der Waals surface area contributed by atoms with Gasteiger partial charge in [0.1, 0.15) is 0 Å². The normalized spacial score (nSPS) is 18.9. The molecule has 2 saturated heterocycles. The Balaban J connectivity index is 1.25. The van der Waals surface area contributed by atoms with Crippen LogP contribution in [0.1, 0.15) is 64.1 Å². The number of urea groups is 1. The fourth-order valence-electron chi connectivity index (χ4n) is 4.49. The monoisotopic (exact) mass is 425 g/mol. The molecule has 0 radical (unpaired) electrons. The SMILES string of the molecule is CC(C)c1noc(-c2ccc(NC(=O)N3CCC(CN4CCCCCC4)CC3)cc2)n1. The van der Waals surface area contributed by atoms with E-state index >= 15 is 0 Å². The van der Waals surface area contributed by atoms with Gasteiger partial charge in [-0.1, -0.05) is 31.8 Å². The van der Waals surface area contributed by atoms with Crippen molar-refractivity contribution in [2.75, 3.05) is 38.0 Å². The minimum Gasteiger partial charge on any atom is -0.334 e. The van der Waals surface area contributed by atoms with E-state index in [0.29, 0.717) is 17.6 Å². The van der Waals surface area contributed by atoms with E-state index in [1.165, 1.54) is 45.3 Å². The second kappa shape index (κ2) is 10.3. The smallest absolute Gasteiger partial charge is 0.321 e. The number of piperidine rings is 1. The molecule has 7 heteroatoms. The predicted molar refractivity (Wildman–Crippen MR) is 122 cm³/mol. The molecule has 0 unspecified atom stereocenters. The molecule has 2 aliphatic rings. The van der Waals surface area contributed by atoms with Crippen LogP contribution >= 0.6 is 0 Å². The second-order valence-electron chi connectivity index (χ2n) is 9.27. The van der Waals surface area contributed by atoms with Gasteiger partial charge < -0.3 is 19.6 Å². The van der Waals surface area contributed by atoms with Crippen molar-refractivity contribution >= 4 is 11.7 Å². The van der Waals surface area contributed by atoms with Crippen molar-refractivity contribution < 1.29 is 9.32 Å². The first kappa shape index (κ1) is 21.8. The van der Waals surface area contributed by atoms with Crippen molar-refractivity contribution in [1.82, 2.24) is 19.9 Å². The quantitative estimate of drug-likeness (QED) is 0.731. The van der Waals surface area contributed by atoms with E-state index in [1.807, 2.05) is 43.0 Å². The number of hydrogen-bond acceptors (Lipinski definition) is 5. The average molecular weight is 426 g/mol. The van der Waals surface area contributed by atoms with Gasteiger partial charge in [0, 0.05) is 36.8 Å². The first-order valence-corrected chi connectivity index (χ1v) is 11.8. The summed E-state index contributed by atoms with van der Waals surface area (Å²) in [5.74, 6) is 2.15. The van der Waals surface area contributed by atoms with Gasteiger partial charge in [-0.25, -0.2) is 4.79 Å². The van der Waals surface area contributed by atoms with E-state index in [-0.39, 0.29) is 11.9 Å². The van der Waals surface area contributed by atoms with Crippen LogP contribution < -0.4 is 5.32 Å². The summed E-state index contributed by atoms with van der Waals surface area (Å²) >= 11 is 0. The third kappa shape index (κ3) is 5.85. The summed E-state index contributed by atoms with van der Waals surface area (Å²) in [5, 5.41) is 7.03. The van der Waals surface area contributed by atoms with Gasteiger partial charge in [0.05, 0.1) is 0 Å². The highest BCUT2D eigenvalue weighted by atomic mass is 16.5. The number of aromatic nitrogens is 2. The molecule has 3 heterocycles. The Morgan fingerprint density at radius 3 is 2.35 bits per heavy atom. The summed E-state index contributed by atoms with van der Waals surface area (Å²) in [6.07, 6.45) is 7.63. The molecular weight excluding hydrogens is 390 g/mol. The molecule has 0 spiro atoms. The molecule has 1 aromatic heterocycles. The van der Waals surface area contributed by atoms with E-state index in [2.05, 4.69) is 20.4 Å². The van der Waals surface area contributed by atoms with Crippen LogP contribution in [0.4, 0.5) is 10.5 Å². The molecule has 0 atom stereocenters. The maximum Gasteiger partial charge on any atom is 0.321 e. The number of likely N-dealkylation sites (tertiary alicyclic amines) is 2. The van der Waals surface area contributed by atoms with Crippen LogP contribution in [0, 0.1) is 5.92 Å². The minimum atomic E-state index is -0.0131. The Kier molecular flexibility index (Phi) is 7.22. The van der Waals surface area contributed by atoms with Crippen LogP contribution in [0.15, 0.2) is 28.8 Å². The molecule has 31 heavy (non-hydrogen) atoms. The van der Waals surface area contributed by atoms with Gasteiger partial charge >= 0.3 is 6.03 Å². The van der Waals surface area contributed by atoms with Gasteiger partial charge in [-0.15, -0.1) is 0 Å². The summed E-state index contributed by atoms with van der Waals surface area (Å²) in [5.41, 5.74) is 1.63. The van der Waals surface area contributed by atoms with E-state index in [0.717, 1.165) is 37.2 Å². The lowest BCUT2D eigenvalue weighted by Crippen LogP contribution is -2.43. The number of hydrogen-bond donors (Lipinski definition) is 1. The zero-order valence-corrected chi connectivity index (χ0v) is 18.8. The lowest BCUT2D eigenvalue weighted by Gasteiger charge is -2.34. The molecule has 7 nitrogen and oxygen atoms in total. The zero-order chi connectivity index (χ0) is 21.6. The number of carbonyl (C=O) groups is 1. The Hall–Kier alpha value is -2.41. The summed E-state index contributed by atoms with van der Waals surface area (Å²) < 4.78 is 5.34. The number of amides is 2. The van der Waals surface area contributed by atoms with Crippen molar-refractivity contribution in [2.45, 2.75) is 58.3 Å². The second-order valence-corrected chi connectivity index (χ2v) is 9.27. The van der Waals surface area contributed by atoms with Crippen LogP contribution in [-0.4, -0.2) is 58.7 Å². The molecule has 2 aromatic rings. The van der Waals surface area contributed by atoms with Crippen LogP contribution in [0.2, 0.25) is 0 Å². The molecular formula is C24H35N5O2. The van der Waals surface area contributed by atoms with Crippen molar-refractivity contribution in [3.05, 3.63) is 30.1 Å². The molecule has 2 aliphatic heterocycles. The highest BCUT2D eigenvalue weighted by Crippen LogP contribution is 2.24. The first-order valence-electron chi connectivity index (χ1n) is 11.8. The van der Waals surface area contributed by atoms with Crippen molar-refractivity contribution in [3.8, 4) is 11.5 Å². The summed E-state index contributed by atoms with van der Waals surface area (Å²) in [6.45, 7) is 9.43. The Morgan fingerprint density at radius 1 is 1.06 bits per heavy atom. The van der Waals surface area contributed by atoms with E-state index in [4.69, 9.17) is 4.52 Å². The summed E-state index contributed by atoms with van der Waals surface area (Å²) in [7, 11) is 0. The largest absolute Gasteiger partial charge is 0.334 e. The maximum absolute atomic E-state index is 12.7. The predicted octanol–water partition coefficient (Wildman–Crippen LogP) is 4.98. The lowest BCUT2D eigenvalue weighted by atomic mass is 9.96. The van der Waals surface area contributed by atoms with Gasteiger partial charge in [-0.2, -0.15) is 4.98 Å². The topological polar surface area (TPSA) is 74.5 Å². The molecule has 4 rings (SSSR count). The van der Waals surface area contributed by atoms with Gasteiger partial charge in [0.25, 0.3) is 5.89 Å². The molecule has 0 bridgehead atoms. The standard InChI is InChI=1S/C24H35N5O2/c1-18(2)22-26-23(31-27-22)20-7-9-21(10-8-20)25-24(30)29-15-11-19(12-16-29)17-28-13-5-3-4-6-14-28/h7-10,18-19H,3-6,11-17H2,1-2H3,(H,25,30). The van der Waals surface area contributed by atoms with Gasteiger partial charge in [-0.3, -0.25) is 0 Å². The zero-order valence-electron chi connectivity index (χ0n) is 18.8. The van der Waals surface area contributed by atoms with Crippen LogP contribution in [-0.2, 0) is 0 Å². The number of carbonyl (C=O) groups excluding carboxylic acids is 1. The number of benzene rings is 1. The van der Waals surface area contributed by atoms with Gasteiger partial charge in [-0.05, 0) is 69.0 Å². The van der Waals surface area contributed by atoms with Gasteiger partial charge in [0.2, 0.25) is 0 Å². The number of nitrogens with zero attached hydrogens (tertiary/aromatic N) is 4. The molecule has 1 aromatic carbocycles.